The van der Waals surface area contributed by atoms with Crippen LogP contribution in [0.25, 0.3) is 0 Å². The number of anilines is 1. The number of hydrogen-bond acceptors (Lipinski definition) is 2. The van der Waals surface area contributed by atoms with E-state index in [-0.39, 0.29) is 11.9 Å². The number of rotatable bonds is 6. The standard InChI is InChI=1S/C13H20BrFN2/c1-3-4-9(2)13(8-16)17-10-5-6-12(15)11(14)7-10/h5-7,9,13,17H,3-4,8,16H2,1-2H3. The largest absolute Gasteiger partial charge is 0.381 e. The fourth-order valence-corrected chi connectivity index (χ4v) is 2.27. The Balaban J connectivity index is 2.70. The van der Waals surface area contributed by atoms with E-state index in [0.717, 1.165) is 18.5 Å². The summed E-state index contributed by atoms with van der Waals surface area (Å²) < 4.78 is 13.6. The third-order valence-corrected chi connectivity index (χ3v) is 3.56. The van der Waals surface area contributed by atoms with Crippen LogP contribution in [0.2, 0.25) is 0 Å². The van der Waals surface area contributed by atoms with Gasteiger partial charge in [-0.15, -0.1) is 0 Å². The minimum absolute atomic E-state index is 0.229. The van der Waals surface area contributed by atoms with E-state index in [0.29, 0.717) is 16.9 Å². The minimum atomic E-state index is -0.249. The summed E-state index contributed by atoms with van der Waals surface area (Å²) in [5, 5.41) is 3.36. The van der Waals surface area contributed by atoms with Crippen LogP contribution >= 0.6 is 15.9 Å². The van der Waals surface area contributed by atoms with Gasteiger partial charge in [0.2, 0.25) is 0 Å². The second kappa shape index (κ2) is 6.97. The van der Waals surface area contributed by atoms with Gasteiger partial charge in [-0.25, -0.2) is 4.39 Å². The van der Waals surface area contributed by atoms with E-state index in [9.17, 15) is 4.39 Å². The Morgan fingerprint density at radius 2 is 2.18 bits per heavy atom. The van der Waals surface area contributed by atoms with Gasteiger partial charge in [-0.2, -0.15) is 0 Å². The number of benzene rings is 1. The quantitative estimate of drug-likeness (QED) is 0.839. The van der Waals surface area contributed by atoms with Crippen LogP contribution in [0.3, 0.4) is 0 Å². The minimum Gasteiger partial charge on any atom is -0.381 e. The predicted molar refractivity (Wildman–Crippen MR) is 74.6 cm³/mol. The fraction of sp³-hybridized carbons (Fsp3) is 0.538. The van der Waals surface area contributed by atoms with Crippen LogP contribution in [-0.2, 0) is 0 Å². The molecule has 0 heterocycles. The van der Waals surface area contributed by atoms with E-state index in [4.69, 9.17) is 5.73 Å². The average Bonchev–Trinajstić information content (AvgIpc) is 2.30. The summed E-state index contributed by atoms with van der Waals surface area (Å²) in [6.07, 6.45) is 2.28. The molecule has 1 rings (SSSR count). The molecule has 2 atom stereocenters. The molecule has 0 aromatic heterocycles. The first-order valence-electron chi connectivity index (χ1n) is 6.00. The summed E-state index contributed by atoms with van der Waals surface area (Å²) in [6, 6.07) is 5.16. The topological polar surface area (TPSA) is 38.0 Å². The molecule has 0 radical (unpaired) electrons. The Bertz CT molecular complexity index is 357. The molecule has 0 saturated carbocycles. The zero-order valence-electron chi connectivity index (χ0n) is 10.3. The first-order valence-corrected chi connectivity index (χ1v) is 6.79. The van der Waals surface area contributed by atoms with Crippen molar-refractivity contribution in [3.8, 4) is 0 Å². The third kappa shape index (κ3) is 4.28. The molecule has 96 valence electrons. The van der Waals surface area contributed by atoms with Crippen LogP contribution in [0.1, 0.15) is 26.7 Å². The summed E-state index contributed by atoms with van der Waals surface area (Å²) in [7, 11) is 0. The molecular formula is C13H20BrFN2. The third-order valence-electron chi connectivity index (χ3n) is 2.96. The second-order valence-corrected chi connectivity index (χ2v) is 5.24. The van der Waals surface area contributed by atoms with E-state index in [1.54, 1.807) is 12.1 Å². The number of nitrogens with one attached hydrogen (secondary N) is 1. The van der Waals surface area contributed by atoms with E-state index < -0.39 is 0 Å². The molecular weight excluding hydrogens is 283 g/mol. The van der Waals surface area contributed by atoms with Crippen LogP contribution in [0.5, 0.6) is 0 Å². The van der Waals surface area contributed by atoms with Gasteiger partial charge in [-0.1, -0.05) is 20.3 Å². The van der Waals surface area contributed by atoms with Crippen LogP contribution in [0.4, 0.5) is 10.1 Å². The highest BCUT2D eigenvalue weighted by Crippen LogP contribution is 2.22. The SMILES string of the molecule is CCCC(C)C(CN)Nc1ccc(F)c(Br)c1. The molecule has 0 aliphatic carbocycles. The molecule has 3 N–H and O–H groups in total. The summed E-state index contributed by atoms with van der Waals surface area (Å²) in [6.45, 7) is 4.93. The van der Waals surface area contributed by atoms with Crippen LogP contribution in [0, 0.1) is 11.7 Å². The predicted octanol–water partition coefficient (Wildman–Crippen LogP) is 3.76. The van der Waals surface area contributed by atoms with Gasteiger partial charge in [0, 0.05) is 18.3 Å². The Hall–Kier alpha value is -0.610. The lowest BCUT2D eigenvalue weighted by molar-refractivity contribution is 0.450. The van der Waals surface area contributed by atoms with Gasteiger partial charge < -0.3 is 11.1 Å². The summed E-state index contributed by atoms with van der Waals surface area (Å²) in [5.41, 5.74) is 6.67. The van der Waals surface area contributed by atoms with Gasteiger partial charge in [-0.3, -0.25) is 0 Å². The lowest BCUT2D eigenvalue weighted by Gasteiger charge is -2.24. The summed E-state index contributed by atoms with van der Waals surface area (Å²) in [4.78, 5) is 0. The zero-order chi connectivity index (χ0) is 12.8. The molecule has 0 fully saturated rings. The molecule has 0 spiro atoms. The van der Waals surface area contributed by atoms with E-state index in [1.165, 1.54) is 6.07 Å². The summed E-state index contributed by atoms with van der Waals surface area (Å²) in [5.74, 6) is 0.260. The molecule has 1 aromatic rings. The molecule has 4 heteroatoms. The van der Waals surface area contributed by atoms with Gasteiger partial charge >= 0.3 is 0 Å². The van der Waals surface area contributed by atoms with E-state index in [1.807, 2.05) is 0 Å². The van der Waals surface area contributed by atoms with Gasteiger partial charge in [-0.05, 0) is 46.5 Å². The monoisotopic (exact) mass is 302 g/mol. The Morgan fingerprint density at radius 1 is 1.47 bits per heavy atom. The molecule has 1 aromatic carbocycles. The van der Waals surface area contributed by atoms with Crippen LogP contribution in [0.15, 0.2) is 22.7 Å². The number of hydrogen-bond donors (Lipinski definition) is 2. The van der Waals surface area contributed by atoms with Gasteiger partial charge in [0.25, 0.3) is 0 Å². The van der Waals surface area contributed by atoms with Crippen molar-refractivity contribution < 1.29 is 4.39 Å². The van der Waals surface area contributed by atoms with Crippen LogP contribution < -0.4 is 11.1 Å². The Labute approximate surface area is 111 Å². The zero-order valence-corrected chi connectivity index (χ0v) is 11.9. The summed E-state index contributed by atoms with van der Waals surface area (Å²) >= 11 is 3.18. The van der Waals surface area contributed by atoms with Crippen molar-refractivity contribution in [3.05, 3.63) is 28.5 Å². The van der Waals surface area contributed by atoms with Gasteiger partial charge in [0.15, 0.2) is 0 Å². The Kier molecular flexibility index (Phi) is 5.92. The lowest BCUT2D eigenvalue weighted by Crippen LogP contribution is -2.35. The van der Waals surface area contributed by atoms with Crippen molar-refractivity contribution >= 4 is 21.6 Å². The average molecular weight is 303 g/mol. The highest BCUT2D eigenvalue weighted by molar-refractivity contribution is 9.10. The fourth-order valence-electron chi connectivity index (χ4n) is 1.89. The van der Waals surface area contributed by atoms with Crippen molar-refractivity contribution in [2.75, 3.05) is 11.9 Å². The molecule has 2 nitrogen and oxygen atoms in total. The van der Waals surface area contributed by atoms with E-state index in [2.05, 4.69) is 35.1 Å². The van der Waals surface area contributed by atoms with Crippen LogP contribution in [-0.4, -0.2) is 12.6 Å². The normalized spacial score (nSPS) is 14.4. The smallest absolute Gasteiger partial charge is 0.137 e. The second-order valence-electron chi connectivity index (χ2n) is 4.38. The van der Waals surface area contributed by atoms with Gasteiger partial charge in [0.05, 0.1) is 4.47 Å². The van der Waals surface area contributed by atoms with Crippen molar-refractivity contribution in [3.63, 3.8) is 0 Å². The molecule has 0 bridgehead atoms. The van der Waals surface area contributed by atoms with Crippen molar-refractivity contribution in [2.45, 2.75) is 32.7 Å². The molecule has 0 aliphatic heterocycles. The maximum absolute atomic E-state index is 13.1. The van der Waals surface area contributed by atoms with Crippen molar-refractivity contribution in [1.29, 1.82) is 0 Å². The molecule has 0 saturated heterocycles. The van der Waals surface area contributed by atoms with Gasteiger partial charge in [0.1, 0.15) is 5.82 Å². The van der Waals surface area contributed by atoms with Crippen molar-refractivity contribution in [1.82, 2.24) is 0 Å². The highest BCUT2D eigenvalue weighted by atomic mass is 79.9. The highest BCUT2D eigenvalue weighted by Gasteiger charge is 2.15. The Morgan fingerprint density at radius 3 is 2.71 bits per heavy atom. The first kappa shape index (κ1) is 14.5. The maximum Gasteiger partial charge on any atom is 0.137 e. The maximum atomic E-state index is 13.1. The van der Waals surface area contributed by atoms with Crippen molar-refractivity contribution in [2.24, 2.45) is 11.7 Å². The number of halogens is 2. The molecule has 0 aliphatic rings. The van der Waals surface area contributed by atoms with E-state index >= 15 is 0 Å². The molecule has 0 amide bonds. The first-order chi connectivity index (χ1) is 8.08. The lowest BCUT2D eigenvalue weighted by atomic mass is 9.96. The number of nitrogens with two attached hydrogens (primary N) is 1. The molecule has 17 heavy (non-hydrogen) atoms. The molecule has 2 unspecified atom stereocenters.